The first-order valence-electron chi connectivity index (χ1n) is 5.19. The number of hydrogen-bond donors (Lipinski definition) is 1. The minimum Gasteiger partial charge on any atom is -0.378 e. The normalized spacial score (nSPS) is 18.2. The number of amides is 1. The average molecular weight is 196 g/mol. The van der Waals surface area contributed by atoms with Gasteiger partial charge < -0.3 is 10.2 Å². The smallest absolute Gasteiger partial charge is 0.245 e. The van der Waals surface area contributed by atoms with Gasteiger partial charge in [-0.3, -0.25) is 4.79 Å². The highest BCUT2D eigenvalue weighted by Gasteiger charge is 2.26. The van der Waals surface area contributed by atoms with Crippen molar-refractivity contribution in [2.75, 3.05) is 13.6 Å². The van der Waals surface area contributed by atoms with Crippen molar-refractivity contribution in [1.29, 1.82) is 0 Å². The van der Waals surface area contributed by atoms with Crippen molar-refractivity contribution in [3.63, 3.8) is 0 Å². The molecule has 0 saturated heterocycles. The quantitative estimate of drug-likeness (QED) is 0.727. The summed E-state index contributed by atoms with van der Waals surface area (Å²) in [6.07, 6.45) is 0. The molecule has 0 radical (unpaired) electrons. The first-order chi connectivity index (χ1) is 6.45. The molecule has 1 aliphatic rings. The molecule has 0 fully saturated rings. The van der Waals surface area contributed by atoms with Crippen LogP contribution in [0.4, 0.5) is 0 Å². The van der Waals surface area contributed by atoms with Gasteiger partial charge in [-0.1, -0.05) is 27.7 Å². The van der Waals surface area contributed by atoms with Crippen LogP contribution in [0, 0.1) is 11.8 Å². The van der Waals surface area contributed by atoms with E-state index in [4.69, 9.17) is 0 Å². The molecule has 0 aliphatic carbocycles. The highest BCUT2D eigenvalue weighted by Crippen LogP contribution is 2.24. The lowest BCUT2D eigenvalue weighted by Gasteiger charge is -2.34. The molecule has 3 nitrogen and oxygen atoms in total. The molecule has 0 aromatic rings. The molecule has 80 valence electrons. The van der Waals surface area contributed by atoms with Crippen LogP contribution in [0.3, 0.4) is 0 Å². The van der Waals surface area contributed by atoms with Crippen LogP contribution in [0.1, 0.15) is 27.7 Å². The van der Waals surface area contributed by atoms with E-state index in [2.05, 4.69) is 33.0 Å². The van der Waals surface area contributed by atoms with E-state index in [-0.39, 0.29) is 5.91 Å². The Morgan fingerprint density at radius 2 is 1.79 bits per heavy atom. The number of nitrogens with one attached hydrogen (secondary N) is 1. The Labute approximate surface area is 86.2 Å². The number of rotatable bonds is 2. The molecule has 1 aliphatic heterocycles. The van der Waals surface area contributed by atoms with Crippen LogP contribution >= 0.6 is 0 Å². The highest BCUT2D eigenvalue weighted by molar-refractivity contribution is 5.81. The van der Waals surface area contributed by atoms with Crippen LogP contribution in [0.25, 0.3) is 0 Å². The lowest BCUT2D eigenvalue weighted by Crippen LogP contribution is -2.44. The maximum Gasteiger partial charge on any atom is 0.245 e. The second kappa shape index (κ2) is 4.03. The Morgan fingerprint density at radius 1 is 1.21 bits per heavy atom. The second-order valence-electron chi connectivity index (χ2n) is 4.41. The molecule has 1 N–H and O–H groups in total. The van der Waals surface area contributed by atoms with Crippen molar-refractivity contribution >= 4 is 5.91 Å². The second-order valence-corrected chi connectivity index (χ2v) is 4.41. The zero-order valence-corrected chi connectivity index (χ0v) is 9.72. The predicted octanol–water partition coefficient (Wildman–Crippen LogP) is 1.57. The van der Waals surface area contributed by atoms with Gasteiger partial charge in [0.1, 0.15) is 0 Å². The Bertz CT molecular complexity index is 266. The number of carbonyl (C=O) groups is 1. The molecule has 0 aromatic carbocycles. The Balaban J connectivity index is 3.09. The first-order valence-corrected chi connectivity index (χ1v) is 5.19. The van der Waals surface area contributed by atoms with Gasteiger partial charge in [-0.25, -0.2) is 0 Å². The number of allylic oxidation sites excluding steroid dienone is 2. The zero-order chi connectivity index (χ0) is 10.9. The van der Waals surface area contributed by atoms with Gasteiger partial charge in [-0.05, 0) is 11.8 Å². The standard InChI is InChI=1S/C11H20N2O/c1-7(2)10-11(8(3)4)13(5)9(14)6-12-10/h7-8,12H,6H2,1-5H3. The highest BCUT2D eigenvalue weighted by atomic mass is 16.2. The molecule has 14 heavy (non-hydrogen) atoms. The van der Waals surface area contributed by atoms with E-state index < -0.39 is 0 Å². The van der Waals surface area contributed by atoms with Crippen molar-refractivity contribution in [3.05, 3.63) is 11.4 Å². The monoisotopic (exact) mass is 196 g/mol. The fraction of sp³-hybridized carbons (Fsp3) is 0.727. The molecule has 0 unspecified atom stereocenters. The summed E-state index contributed by atoms with van der Waals surface area (Å²) in [6.45, 7) is 8.96. The molecule has 0 spiro atoms. The summed E-state index contributed by atoms with van der Waals surface area (Å²) in [6, 6.07) is 0. The van der Waals surface area contributed by atoms with Crippen LogP contribution in [0.15, 0.2) is 11.4 Å². The fourth-order valence-corrected chi connectivity index (χ4v) is 1.89. The summed E-state index contributed by atoms with van der Waals surface area (Å²) in [5.74, 6) is 0.982. The molecule has 0 aromatic heterocycles. The molecule has 0 atom stereocenters. The van der Waals surface area contributed by atoms with Gasteiger partial charge in [0.2, 0.25) is 5.91 Å². The van der Waals surface area contributed by atoms with Gasteiger partial charge in [-0.2, -0.15) is 0 Å². The predicted molar refractivity (Wildman–Crippen MR) is 57.5 cm³/mol. The summed E-state index contributed by atoms with van der Waals surface area (Å²) < 4.78 is 0. The molecule has 0 bridgehead atoms. The SMILES string of the molecule is CC(C)C1=C(C(C)C)N(C)C(=O)CN1. The largest absolute Gasteiger partial charge is 0.378 e. The van der Waals surface area contributed by atoms with E-state index in [9.17, 15) is 4.79 Å². The van der Waals surface area contributed by atoms with Crippen molar-refractivity contribution in [2.24, 2.45) is 11.8 Å². The molecular weight excluding hydrogens is 176 g/mol. The third kappa shape index (κ3) is 1.91. The van der Waals surface area contributed by atoms with Gasteiger partial charge in [0.05, 0.1) is 6.54 Å². The van der Waals surface area contributed by atoms with Crippen LogP contribution in [-0.4, -0.2) is 24.4 Å². The summed E-state index contributed by atoms with van der Waals surface area (Å²) >= 11 is 0. The third-order valence-electron chi connectivity index (χ3n) is 2.57. The van der Waals surface area contributed by atoms with Gasteiger partial charge in [0, 0.05) is 18.4 Å². The molecule has 1 rings (SSSR count). The number of hydrogen-bond acceptors (Lipinski definition) is 2. The topological polar surface area (TPSA) is 32.3 Å². The summed E-state index contributed by atoms with van der Waals surface area (Å²) in [7, 11) is 1.86. The first kappa shape index (κ1) is 11.1. The van der Waals surface area contributed by atoms with Crippen LogP contribution in [0.2, 0.25) is 0 Å². The van der Waals surface area contributed by atoms with Gasteiger partial charge in [0.15, 0.2) is 0 Å². The van der Waals surface area contributed by atoms with Gasteiger partial charge in [-0.15, -0.1) is 0 Å². The lowest BCUT2D eigenvalue weighted by atomic mass is 9.98. The molecule has 1 amide bonds. The van der Waals surface area contributed by atoms with E-state index in [0.717, 1.165) is 5.70 Å². The molecular formula is C11H20N2O. The maximum atomic E-state index is 11.5. The van der Waals surface area contributed by atoms with E-state index >= 15 is 0 Å². The van der Waals surface area contributed by atoms with Crippen molar-refractivity contribution in [3.8, 4) is 0 Å². The van der Waals surface area contributed by atoms with E-state index in [1.165, 1.54) is 5.70 Å². The Hall–Kier alpha value is -0.990. The average Bonchev–Trinajstić information content (AvgIpc) is 2.08. The van der Waals surface area contributed by atoms with E-state index in [0.29, 0.717) is 18.4 Å². The van der Waals surface area contributed by atoms with Gasteiger partial charge >= 0.3 is 0 Å². The lowest BCUT2D eigenvalue weighted by molar-refractivity contribution is -0.128. The molecule has 1 heterocycles. The summed E-state index contributed by atoms with van der Waals surface area (Å²) in [5, 5.41) is 3.22. The fourth-order valence-electron chi connectivity index (χ4n) is 1.89. The minimum atomic E-state index is 0.151. The minimum absolute atomic E-state index is 0.151. The van der Waals surface area contributed by atoms with Gasteiger partial charge in [0.25, 0.3) is 0 Å². The Kier molecular flexibility index (Phi) is 3.19. The van der Waals surface area contributed by atoms with Crippen molar-refractivity contribution in [2.45, 2.75) is 27.7 Å². The number of nitrogens with zero attached hydrogens (tertiary/aromatic N) is 1. The van der Waals surface area contributed by atoms with Crippen LogP contribution in [-0.2, 0) is 4.79 Å². The number of likely N-dealkylation sites (N-methyl/N-ethyl adjacent to an activating group) is 1. The maximum absolute atomic E-state index is 11.5. The molecule has 0 saturated carbocycles. The van der Waals surface area contributed by atoms with E-state index in [1.54, 1.807) is 4.90 Å². The van der Waals surface area contributed by atoms with Crippen molar-refractivity contribution in [1.82, 2.24) is 10.2 Å². The summed E-state index contributed by atoms with van der Waals surface area (Å²) in [4.78, 5) is 13.3. The van der Waals surface area contributed by atoms with E-state index in [1.807, 2.05) is 7.05 Å². The third-order valence-corrected chi connectivity index (χ3v) is 2.57. The Morgan fingerprint density at radius 3 is 2.21 bits per heavy atom. The van der Waals surface area contributed by atoms with Crippen LogP contribution in [0.5, 0.6) is 0 Å². The molecule has 3 heteroatoms. The van der Waals surface area contributed by atoms with Crippen molar-refractivity contribution < 1.29 is 4.79 Å². The van der Waals surface area contributed by atoms with Crippen LogP contribution < -0.4 is 5.32 Å². The zero-order valence-electron chi connectivity index (χ0n) is 9.72. The number of carbonyl (C=O) groups excluding carboxylic acids is 1. The summed E-state index contributed by atoms with van der Waals surface area (Å²) in [5.41, 5.74) is 2.35.